The minimum Gasteiger partial charge on any atom is -0.478 e. The highest BCUT2D eigenvalue weighted by molar-refractivity contribution is 5.89. The maximum atomic E-state index is 10.4. The van der Waals surface area contributed by atoms with Crippen LogP contribution in [-0.2, 0) is 0 Å². The number of carboxylic acids is 1. The molecule has 1 aliphatic carbocycles. The number of rotatable bonds is 1. The van der Waals surface area contributed by atoms with Gasteiger partial charge in [0, 0.05) is 0 Å². The second kappa shape index (κ2) is 5.43. The lowest BCUT2D eigenvalue weighted by Gasteiger charge is -2.05. The number of aromatic carboxylic acids is 1. The SMILES string of the molecule is C1CCC1.Cc1ccccc1C(=O)O. The molecule has 0 unspecified atom stereocenters. The molecule has 0 radical (unpaired) electrons. The fourth-order valence-electron chi connectivity index (χ4n) is 1.06. The zero-order valence-corrected chi connectivity index (χ0v) is 8.49. The molecule has 0 spiro atoms. The first-order valence-electron chi connectivity index (χ1n) is 5.01. The third kappa shape index (κ3) is 3.21. The highest BCUT2D eigenvalue weighted by Crippen LogP contribution is 2.15. The fraction of sp³-hybridized carbons (Fsp3) is 0.417. The van der Waals surface area contributed by atoms with Gasteiger partial charge in [-0.25, -0.2) is 4.79 Å². The van der Waals surface area contributed by atoms with E-state index in [2.05, 4.69) is 0 Å². The van der Waals surface area contributed by atoms with E-state index < -0.39 is 5.97 Å². The highest BCUT2D eigenvalue weighted by atomic mass is 16.4. The Balaban J connectivity index is 0.000000203. The normalized spacial score (nSPS) is 13.5. The Kier molecular flexibility index (Phi) is 4.17. The second-order valence-corrected chi connectivity index (χ2v) is 3.53. The van der Waals surface area contributed by atoms with Crippen LogP contribution >= 0.6 is 0 Å². The third-order valence-electron chi connectivity index (χ3n) is 2.38. The molecule has 1 aromatic rings. The average Bonchev–Trinajstić information content (AvgIpc) is 2.01. The van der Waals surface area contributed by atoms with Crippen molar-refractivity contribution in [3.8, 4) is 0 Å². The van der Waals surface area contributed by atoms with Gasteiger partial charge in [0.2, 0.25) is 0 Å². The summed E-state index contributed by atoms with van der Waals surface area (Å²) in [5.74, 6) is -0.863. The van der Waals surface area contributed by atoms with Crippen LogP contribution in [0.1, 0.15) is 41.6 Å². The summed E-state index contributed by atoms with van der Waals surface area (Å²) >= 11 is 0. The van der Waals surface area contributed by atoms with Crippen molar-refractivity contribution in [3.63, 3.8) is 0 Å². The molecule has 0 saturated heterocycles. The molecule has 0 aliphatic heterocycles. The first kappa shape index (κ1) is 10.8. The monoisotopic (exact) mass is 192 g/mol. The van der Waals surface area contributed by atoms with E-state index in [9.17, 15) is 4.79 Å². The molecular formula is C12H16O2. The van der Waals surface area contributed by atoms with Crippen molar-refractivity contribution in [2.45, 2.75) is 32.6 Å². The van der Waals surface area contributed by atoms with E-state index in [1.165, 1.54) is 25.7 Å². The number of benzene rings is 1. The Morgan fingerprint density at radius 1 is 1.14 bits per heavy atom. The molecule has 14 heavy (non-hydrogen) atoms. The van der Waals surface area contributed by atoms with E-state index in [4.69, 9.17) is 5.11 Å². The largest absolute Gasteiger partial charge is 0.478 e. The van der Waals surface area contributed by atoms with E-state index in [-0.39, 0.29) is 0 Å². The summed E-state index contributed by atoms with van der Waals surface area (Å²) in [4.78, 5) is 10.4. The maximum Gasteiger partial charge on any atom is 0.335 e. The van der Waals surface area contributed by atoms with Gasteiger partial charge in [-0.3, -0.25) is 0 Å². The molecule has 1 fully saturated rings. The van der Waals surface area contributed by atoms with Gasteiger partial charge in [-0.1, -0.05) is 43.9 Å². The Labute approximate surface area is 84.6 Å². The number of carbonyl (C=O) groups is 1. The Bertz CT molecular complexity index is 297. The summed E-state index contributed by atoms with van der Waals surface area (Å²) < 4.78 is 0. The summed E-state index contributed by atoms with van der Waals surface area (Å²) in [7, 11) is 0. The Hall–Kier alpha value is -1.31. The number of aryl methyl sites for hydroxylation is 1. The molecule has 76 valence electrons. The summed E-state index contributed by atoms with van der Waals surface area (Å²) in [5.41, 5.74) is 1.18. The number of hydrogen-bond donors (Lipinski definition) is 1. The van der Waals surface area contributed by atoms with Crippen molar-refractivity contribution in [1.29, 1.82) is 0 Å². The maximum absolute atomic E-state index is 10.4. The molecule has 2 nitrogen and oxygen atoms in total. The number of carboxylic acid groups (broad SMARTS) is 1. The molecule has 2 rings (SSSR count). The van der Waals surface area contributed by atoms with Crippen LogP contribution in [0.3, 0.4) is 0 Å². The summed E-state index contributed by atoms with van der Waals surface area (Å²) in [6.07, 6.45) is 6.00. The van der Waals surface area contributed by atoms with Gasteiger partial charge in [0.15, 0.2) is 0 Å². The van der Waals surface area contributed by atoms with Crippen LogP contribution in [0.15, 0.2) is 24.3 Å². The van der Waals surface area contributed by atoms with Gasteiger partial charge in [0.1, 0.15) is 0 Å². The van der Waals surface area contributed by atoms with Gasteiger partial charge in [-0.2, -0.15) is 0 Å². The molecule has 2 heteroatoms. The zero-order valence-electron chi connectivity index (χ0n) is 8.49. The van der Waals surface area contributed by atoms with E-state index in [1.54, 1.807) is 25.1 Å². The smallest absolute Gasteiger partial charge is 0.335 e. The Morgan fingerprint density at radius 3 is 1.93 bits per heavy atom. The minimum atomic E-state index is -0.863. The Morgan fingerprint density at radius 2 is 1.64 bits per heavy atom. The quantitative estimate of drug-likeness (QED) is 0.741. The molecule has 1 aromatic carbocycles. The molecule has 0 bridgehead atoms. The van der Waals surface area contributed by atoms with E-state index in [0.29, 0.717) is 5.56 Å². The van der Waals surface area contributed by atoms with Crippen LogP contribution in [0.2, 0.25) is 0 Å². The molecule has 0 amide bonds. The second-order valence-electron chi connectivity index (χ2n) is 3.53. The number of hydrogen-bond acceptors (Lipinski definition) is 1. The third-order valence-corrected chi connectivity index (χ3v) is 2.38. The lowest BCUT2D eigenvalue weighted by molar-refractivity contribution is 0.0696. The van der Waals surface area contributed by atoms with Gasteiger partial charge in [-0.15, -0.1) is 0 Å². The van der Waals surface area contributed by atoms with Crippen molar-refractivity contribution >= 4 is 5.97 Å². The molecule has 1 aliphatic rings. The van der Waals surface area contributed by atoms with Crippen LogP contribution in [-0.4, -0.2) is 11.1 Å². The lowest BCUT2D eigenvalue weighted by Crippen LogP contribution is -1.97. The first-order valence-corrected chi connectivity index (χ1v) is 5.01. The fourth-order valence-corrected chi connectivity index (χ4v) is 1.06. The topological polar surface area (TPSA) is 37.3 Å². The van der Waals surface area contributed by atoms with Crippen LogP contribution in [0.25, 0.3) is 0 Å². The molecule has 0 atom stereocenters. The summed E-state index contributed by atoms with van der Waals surface area (Å²) in [6, 6.07) is 6.92. The predicted octanol–water partition coefficient (Wildman–Crippen LogP) is 3.25. The van der Waals surface area contributed by atoms with E-state index >= 15 is 0 Å². The van der Waals surface area contributed by atoms with Gasteiger partial charge >= 0.3 is 5.97 Å². The van der Waals surface area contributed by atoms with Gasteiger partial charge in [0.05, 0.1) is 5.56 Å². The van der Waals surface area contributed by atoms with E-state index in [0.717, 1.165) is 5.56 Å². The van der Waals surface area contributed by atoms with Crippen molar-refractivity contribution in [2.24, 2.45) is 0 Å². The zero-order chi connectivity index (χ0) is 10.4. The van der Waals surface area contributed by atoms with Crippen molar-refractivity contribution < 1.29 is 9.90 Å². The van der Waals surface area contributed by atoms with Gasteiger partial charge in [-0.05, 0) is 18.6 Å². The first-order chi connectivity index (χ1) is 6.72. The summed E-state index contributed by atoms with van der Waals surface area (Å²) in [5, 5.41) is 8.57. The standard InChI is InChI=1S/C8H8O2.C4H8/c1-6-4-2-3-5-7(6)8(9)10;1-2-4-3-1/h2-5H,1H3,(H,9,10);1-4H2. The predicted molar refractivity (Wildman–Crippen MR) is 56.6 cm³/mol. The highest BCUT2D eigenvalue weighted by Gasteiger charge is 2.02. The van der Waals surface area contributed by atoms with Crippen LogP contribution < -0.4 is 0 Å². The van der Waals surface area contributed by atoms with Crippen molar-refractivity contribution in [1.82, 2.24) is 0 Å². The van der Waals surface area contributed by atoms with E-state index in [1.807, 2.05) is 6.07 Å². The molecule has 1 N–H and O–H groups in total. The van der Waals surface area contributed by atoms with Gasteiger partial charge < -0.3 is 5.11 Å². The van der Waals surface area contributed by atoms with Crippen LogP contribution in [0, 0.1) is 6.92 Å². The summed E-state index contributed by atoms with van der Waals surface area (Å²) in [6.45, 7) is 1.78. The molecule has 0 heterocycles. The van der Waals surface area contributed by atoms with Gasteiger partial charge in [0.25, 0.3) is 0 Å². The van der Waals surface area contributed by atoms with Crippen molar-refractivity contribution in [2.75, 3.05) is 0 Å². The minimum absolute atomic E-state index is 0.377. The van der Waals surface area contributed by atoms with Crippen LogP contribution in [0.5, 0.6) is 0 Å². The van der Waals surface area contributed by atoms with Crippen LogP contribution in [0.4, 0.5) is 0 Å². The van der Waals surface area contributed by atoms with Crippen molar-refractivity contribution in [3.05, 3.63) is 35.4 Å². The lowest BCUT2D eigenvalue weighted by atomic mass is 10.0. The molecule has 0 aromatic heterocycles. The molecule has 1 saturated carbocycles. The molecular weight excluding hydrogens is 176 g/mol. The average molecular weight is 192 g/mol.